The minimum atomic E-state index is -0.970. The number of benzene rings is 1. The van der Waals surface area contributed by atoms with Crippen molar-refractivity contribution in [1.82, 2.24) is 0 Å². The van der Waals surface area contributed by atoms with Crippen LogP contribution in [0.3, 0.4) is 0 Å². The van der Waals surface area contributed by atoms with E-state index in [9.17, 15) is 4.79 Å². The van der Waals surface area contributed by atoms with Crippen LogP contribution in [-0.2, 0) is 9.53 Å². The SMILES string of the molecule is O=C(O)/C=C/c1cc(Cl)ccc1N1CCOCC1. The van der Waals surface area contributed by atoms with Gasteiger partial charge in [0.15, 0.2) is 0 Å². The van der Waals surface area contributed by atoms with E-state index in [0.29, 0.717) is 18.2 Å². The number of nitrogens with zero attached hydrogens (tertiary/aromatic N) is 1. The van der Waals surface area contributed by atoms with Crippen molar-refractivity contribution in [3.63, 3.8) is 0 Å². The van der Waals surface area contributed by atoms with E-state index in [1.807, 2.05) is 12.1 Å². The number of carbonyl (C=O) groups is 1. The van der Waals surface area contributed by atoms with Gasteiger partial charge >= 0.3 is 5.97 Å². The number of rotatable bonds is 3. The quantitative estimate of drug-likeness (QED) is 0.854. The number of halogens is 1. The molecule has 1 aliphatic heterocycles. The summed E-state index contributed by atoms with van der Waals surface area (Å²) in [5.74, 6) is -0.970. The van der Waals surface area contributed by atoms with Crippen LogP contribution >= 0.6 is 11.6 Å². The molecular formula is C13H14ClNO3. The molecule has 0 amide bonds. The first-order valence-corrected chi connectivity index (χ1v) is 6.08. The number of hydrogen-bond acceptors (Lipinski definition) is 3. The molecule has 96 valence electrons. The minimum absolute atomic E-state index is 0.594. The van der Waals surface area contributed by atoms with E-state index in [1.54, 1.807) is 12.1 Å². The van der Waals surface area contributed by atoms with Gasteiger partial charge in [0.05, 0.1) is 13.2 Å². The number of morpholine rings is 1. The van der Waals surface area contributed by atoms with Crippen molar-refractivity contribution in [2.24, 2.45) is 0 Å². The maximum absolute atomic E-state index is 10.6. The van der Waals surface area contributed by atoms with Crippen LogP contribution in [0.5, 0.6) is 0 Å². The maximum atomic E-state index is 10.6. The molecule has 1 aromatic carbocycles. The van der Waals surface area contributed by atoms with Gasteiger partial charge in [0.1, 0.15) is 0 Å². The second-order valence-corrected chi connectivity index (χ2v) is 4.41. The first-order chi connectivity index (χ1) is 8.66. The Morgan fingerprint density at radius 3 is 2.78 bits per heavy atom. The second kappa shape index (κ2) is 5.89. The van der Waals surface area contributed by atoms with Crippen LogP contribution in [0.2, 0.25) is 5.02 Å². The highest BCUT2D eigenvalue weighted by atomic mass is 35.5. The summed E-state index contributed by atoms with van der Waals surface area (Å²) < 4.78 is 5.30. The third-order valence-electron chi connectivity index (χ3n) is 2.75. The van der Waals surface area contributed by atoms with Crippen molar-refractivity contribution in [3.05, 3.63) is 34.9 Å². The zero-order valence-electron chi connectivity index (χ0n) is 9.80. The fraction of sp³-hybridized carbons (Fsp3) is 0.308. The summed E-state index contributed by atoms with van der Waals surface area (Å²) >= 11 is 5.95. The van der Waals surface area contributed by atoms with Crippen LogP contribution in [0.15, 0.2) is 24.3 Å². The van der Waals surface area contributed by atoms with Crippen LogP contribution in [-0.4, -0.2) is 37.4 Å². The average Bonchev–Trinajstić information content (AvgIpc) is 2.37. The Balaban J connectivity index is 2.30. The van der Waals surface area contributed by atoms with Gasteiger partial charge in [-0.3, -0.25) is 0 Å². The molecule has 0 unspecified atom stereocenters. The van der Waals surface area contributed by atoms with Crippen molar-refractivity contribution in [3.8, 4) is 0 Å². The highest BCUT2D eigenvalue weighted by molar-refractivity contribution is 6.30. The van der Waals surface area contributed by atoms with Crippen molar-refractivity contribution in [2.45, 2.75) is 0 Å². The summed E-state index contributed by atoms with van der Waals surface area (Å²) in [5, 5.41) is 9.29. The van der Waals surface area contributed by atoms with E-state index in [-0.39, 0.29) is 0 Å². The van der Waals surface area contributed by atoms with Crippen molar-refractivity contribution >= 4 is 29.3 Å². The molecule has 0 radical (unpaired) electrons. The van der Waals surface area contributed by atoms with Crippen molar-refractivity contribution in [2.75, 3.05) is 31.2 Å². The van der Waals surface area contributed by atoms with Gasteiger partial charge in [-0.2, -0.15) is 0 Å². The van der Waals surface area contributed by atoms with E-state index >= 15 is 0 Å². The molecule has 1 N–H and O–H groups in total. The zero-order chi connectivity index (χ0) is 13.0. The molecule has 1 aliphatic rings. The smallest absolute Gasteiger partial charge is 0.328 e. The number of carboxylic acids is 1. The largest absolute Gasteiger partial charge is 0.478 e. The van der Waals surface area contributed by atoms with Gasteiger partial charge in [0, 0.05) is 29.9 Å². The summed E-state index contributed by atoms with van der Waals surface area (Å²) in [5.41, 5.74) is 1.80. The molecule has 0 bridgehead atoms. The average molecular weight is 268 g/mol. The van der Waals surface area contributed by atoms with Crippen LogP contribution < -0.4 is 4.90 Å². The van der Waals surface area contributed by atoms with Crippen LogP contribution in [0, 0.1) is 0 Å². The Labute approximate surface area is 110 Å². The molecule has 1 heterocycles. The number of carboxylic acid groups (broad SMARTS) is 1. The van der Waals surface area contributed by atoms with Gasteiger partial charge in [-0.15, -0.1) is 0 Å². The minimum Gasteiger partial charge on any atom is -0.478 e. The van der Waals surface area contributed by atoms with E-state index in [0.717, 1.165) is 30.4 Å². The van der Waals surface area contributed by atoms with Gasteiger partial charge in [-0.25, -0.2) is 4.79 Å². The highest BCUT2D eigenvalue weighted by Crippen LogP contribution is 2.26. The molecule has 0 saturated carbocycles. The van der Waals surface area contributed by atoms with Crippen LogP contribution in [0.4, 0.5) is 5.69 Å². The van der Waals surface area contributed by atoms with Crippen LogP contribution in [0.1, 0.15) is 5.56 Å². The fourth-order valence-corrected chi connectivity index (χ4v) is 2.09. The Hall–Kier alpha value is -1.52. The second-order valence-electron chi connectivity index (χ2n) is 3.97. The van der Waals surface area contributed by atoms with E-state index in [4.69, 9.17) is 21.4 Å². The first kappa shape index (κ1) is 12.9. The van der Waals surface area contributed by atoms with Gasteiger partial charge in [-0.1, -0.05) is 11.6 Å². The summed E-state index contributed by atoms with van der Waals surface area (Å²) in [6.07, 6.45) is 2.69. The lowest BCUT2D eigenvalue weighted by atomic mass is 10.1. The number of anilines is 1. The monoisotopic (exact) mass is 267 g/mol. The topological polar surface area (TPSA) is 49.8 Å². The third-order valence-corrected chi connectivity index (χ3v) is 2.98. The summed E-state index contributed by atoms with van der Waals surface area (Å²) in [6.45, 7) is 2.97. The van der Waals surface area contributed by atoms with E-state index in [1.165, 1.54) is 0 Å². The molecule has 0 aliphatic carbocycles. The number of hydrogen-bond donors (Lipinski definition) is 1. The molecule has 1 fully saturated rings. The lowest BCUT2D eigenvalue weighted by molar-refractivity contribution is -0.131. The van der Waals surface area contributed by atoms with Gasteiger partial charge in [-0.05, 0) is 29.8 Å². The maximum Gasteiger partial charge on any atom is 0.328 e. The predicted octanol–water partition coefficient (Wildman–Crippen LogP) is 2.27. The summed E-state index contributed by atoms with van der Waals surface area (Å²) in [6, 6.07) is 5.49. The molecule has 0 spiro atoms. The summed E-state index contributed by atoms with van der Waals surface area (Å²) in [7, 11) is 0. The Morgan fingerprint density at radius 1 is 1.39 bits per heavy atom. The lowest BCUT2D eigenvalue weighted by Gasteiger charge is -2.30. The highest BCUT2D eigenvalue weighted by Gasteiger charge is 2.14. The first-order valence-electron chi connectivity index (χ1n) is 5.70. The molecule has 1 aromatic rings. The van der Waals surface area contributed by atoms with E-state index < -0.39 is 5.97 Å². The fourth-order valence-electron chi connectivity index (χ4n) is 1.91. The van der Waals surface area contributed by atoms with Gasteiger partial charge < -0.3 is 14.7 Å². The normalized spacial score (nSPS) is 16.2. The summed E-state index contributed by atoms with van der Waals surface area (Å²) in [4.78, 5) is 12.8. The molecule has 18 heavy (non-hydrogen) atoms. The number of ether oxygens (including phenoxy) is 1. The Bertz CT molecular complexity index is 467. The van der Waals surface area contributed by atoms with Gasteiger partial charge in [0.2, 0.25) is 0 Å². The Morgan fingerprint density at radius 2 is 2.11 bits per heavy atom. The molecule has 0 aromatic heterocycles. The Kier molecular flexibility index (Phi) is 4.23. The molecule has 0 atom stereocenters. The predicted molar refractivity (Wildman–Crippen MR) is 71.2 cm³/mol. The zero-order valence-corrected chi connectivity index (χ0v) is 10.6. The van der Waals surface area contributed by atoms with Crippen LogP contribution in [0.25, 0.3) is 6.08 Å². The third kappa shape index (κ3) is 3.24. The standard InChI is InChI=1S/C13H14ClNO3/c14-11-2-3-12(15-5-7-18-8-6-15)10(9-11)1-4-13(16)17/h1-4,9H,5-8H2,(H,16,17)/b4-1+. The molecular weight excluding hydrogens is 254 g/mol. The van der Waals surface area contributed by atoms with Crippen molar-refractivity contribution < 1.29 is 14.6 Å². The van der Waals surface area contributed by atoms with Crippen molar-refractivity contribution in [1.29, 1.82) is 0 Å². The van der Waals surface area contributed by atoms with E-state index in [2.05, 4.69) is 4.90 Å². The molecule has 2 rings (SSSR count). The number of aliphatic carboxylic acids is 1. The molecule has 1 saturated heterocycles. The molecule has 4 nitrogen and oxygen atoms in total. The molecule has 5 heteroatoms. The van der Waals surface area contributed by atoms with Gasteiger partial charge in [0.25, 0.3) is 0 Å². The lowest BCUT2D eigenvalue weighted by Crippen LogP contribution is -2.36.